The number of nitrogens with one attached hydrogen (secondary N) is 2. The molecule has 2 aromatic rings. The van der Waals surface area contributed by atoms with Crippen molar-refractivity contribution >= 4 is 17.5 Å². The van der Waals surface area contributed by atoms with Gasteiger partial charge < -0.3 is 15.0 Å². The van der Waals surface area contributed by atoms with E-state index < -0.39 is 0 Å². The van der Waals surface area contributed by atoms with Crippen LogP contribution in [0, 0.1) is 13.8 Å². The van der Waals surface area contributed by atoms with E-state index in [-0.39, 0.29) is 6.03 Å². The molecule has 6 nitrogen and oxygen atoms in total. The van der Waals surface area contributed by atoms with Gasteiger partial charge in [0, 0.05) is 12.2 Å². The molecular formula is C21H28N4O2. The summed E-state index contributed by atoms with van der Waals surface area (Å²) in [6.07, 6.45) is 5.19. The van der Waals surface area contributed by atoms with Crippen molar-refractivity contribution < 1.29 is 9.53 Å². The largest absolute Gasteiger partial charge is 0.491 e. The minimum atomic E-state index is -0.336. The van der Waals surface area contributed by atoms with Crippen molar-refractivity contribution in [3.63, 3.8) is 0 Å². The molecule has 1 saturated heterocycles. The number of carbonyl (C=O) groups excluding carboxylic acids is 1. The van der Waals surface area contributed by atoms with Crippen molar-refractivity contribution in [1.82, 2.24) is 9.88 Å². The van der Waals surface area contributed by atoms with Gasteiger partial charge in [0.1, 0.15) is 11.6 Å². The fraction of sp³-hybridized carbons (Fsp3) is 0.429. The van der Waals surface area contributed by atoms with Crippen LogP contribution in [0.15, 0.2) is 36.5 Å². The van der Waals surface area contributed by atoms with E-state index in [9.17, 15) is 4.79 Å². The van der Waals surface area contributed by atoms with Crippen molar-refractivity contribution in [2.45, 2.75) is 39.2 Å². The number of benzene rings is 1. The smallest absolute Gasteiger partial charge is 0.324 e. The first-order valence-corrected chi connectivity index (χ1v) is 9.45. The van der Waals surface area contributed by atoms with Gasteiger partial charge in [0.2, 0.25) is 0 Å². The molecule has 1 aromatic heterocycles. The number of aryl methyl sites for hydroxylation is 2. The highest BCUT2D eigenvalue weighted by Crippen LogP contribution is 2.27. The lowest BCUT2D eigenvalue weighted by molar-refractivity contribution is 0.233. The number of urea groups is 1. The first-order chi connectivity index (χ1) is 13.0. The molecule has 0 bridgehead atoms. The topological polar surface area (TPSA) is 66.5 Å². The van der Waals surface area contributed by atoms with Crippen LogP contribution in [-0.2, 0) is 0 Å². The number of aromatic nitrogens is 1. The highest BCUT2D eigenvalue weighted by atomic mass is 16.5. The van der Waals surface area contributed by atoms with Gasteiger partial charge in [-0.05, 0) is 76.0 Å². The zero-order valence-corrected chi connectivity index (χ0v) is 16.3. The molecule has 1 atom stereocenters. The number of nitrogens with zero attached hydrogens (tertiary/aromatic N) is 2. The molecule has 0 radical (unpaired) electrons. The molecule has 27 heavy (non-hydrogen) atoms. The van der Waals surface area contributed by atoms with Gasteiger partial charge in [-0.25, -0.2) is 9.78 Å². The van der Waals surface area contributed by atoms with E-state index >= 15 is 0 Å². The van der Waals surface area contributed by atoms with Gasteiger partial charge in [0.15, 0.2) is 0 Å². The van der Waals surface area contributed by atoms with Gasteiger partial charge in [-0.2, -0.15) is 0 Å². The van der Waals surface area contributed by atoms with Crippen LogP contribution in [0.5, 0.6) is 5.75 Å². The van der Waals surface area contributed by atoms with Crippen LogP contribution in [0.2, 0.25) is 0 Å². The summed E-state index contributed by atoms with van der Waals surface area (Å²) in [6, 6.07) is 9.75. The maximum Gasteiger partial charge on any atom is 0.324 e. The van der Waals surface area contributed by atoms with Crippen LogP contribution in [0.4, 0.5) is 16.3 Å². The Labute approximate surface area is 160 Å². The van der Waals surface area contributed by atoms with Crippen LogP contribution >= 0.6 is 0 Å². The number of likely N-dealkylation sites (tertiary alicyclic amines) is 1. The van der Waals surface area contributed by atoms with E-state index in [1.54, 1.807) is 12.3 Å². The van der Waals surface area contributed by atoms with Gasteiger partial charge in [0.05, 0.1) is 12.3 Å². The highest BCUT2D eigenvalue weighted by Gasteiger charge is 2.20. The molecule has 1 aliphatic rings. The lowest BCUT2D eigenvalue weighted by Crippen LogP contribution is -2.26. The van der Waals surface area contributed by atoms with Crippen LogP contribution in [0.25, 0.3) is 0 Å². The molecular weight excluding hydrogens is 340 g/mol. The van der Waals surface area contributed by atoms with Gasteiger partial charge in [0.25, 0.3) is 0 Å². The zero-order chi connectivity index (χ0) is 19.2. The van der Waals surface area contributed by atoms with Crippen molar-refractivity contribution in [3.8, 4) is 5.75 Å². The van der Waals surface area contributed by atoms with Gasteiger partial charge in [-0.1, -0.05) is 12.1 Å². The number of pyridine rings is 1. The number of amides is 2. The molecule has 144 valence electrons. The van der Waals surface area contributed by atoms with Crippen LogP contribution in [-0.4, -0.2) is 42.2 Å². The third-order valence-electron chi connectivity index (χ3n) is 4.92. The Hall–Kier alpha value is -2.60. The molecule has 6 heteroatoms. The summed E-state index contributed by atoms with van der Waals surface area (Å²) in [5, 5.41) is 5.62. The lowest BCUT2D eigenvalue weighted by atomic mass is 10.1. The second-order valence-corrected chi connectivity index (χ2v) is 7.21. The molecule has 2 heterocycles. The SMILES string of the molecule is Cc1ccc(NC(=O)Nc2cc(C)ccc2OCCC2CCCN2C)nc1. The van der Waals surface area contributed by atoms with E-state index in [2.05, 4.69) is 27.6 Å². The van der Waals surface area contributed by atoms with Gasteiger partial charge >= 0.3 is 6.03 Å². The Kier molecular flexibility index (Phi) is 6.29. The third-order valence-corrected chi connectivity index (χ3v) is 4.92. The van der Waals surface area contributed by atoms with Crippen LogP contribution < -0.4 is 15.4 Å². The molecule has 0 spiro atoms. The van der Waals surface area contributed by atoms with Crippen molar-refractivity contribution in [1.29, 1.82) is 0 Å². The van der Waals surface area contributed by atoms with Gasteiger partial charge in [-0.3, -0.25) is 5.32 Å². The summed E-state index contributed by atoms with van der Waals surface area (Å²) in [7, 11) is 2.17. The quantitative estimate of drug-likeness (QED) is 0.802. The molecule has 1 unspecified atom stereocenters. The van der Waals surface area contributed by atoms with Crippen molar-refractivity contribution in [3.05, 3.63) is 47.7 Å². The average Bonchev–Trinajstić information content (AvgIpc) is 3.04. The van der Waals surface area contributed by atoms with E-state index in [0.29, 0.717) is 29.9 Å². The highest BCUT2D eigenvalue weighted by molar-refractivity contribution is 6.00. The van der Waals surface area contributed by atoms with Crippen LogP contribution in [0.3, 0.4) is 0 Å². The molecule has 2 amide bonds. The minimum Gasteiger partial charge on any atom is -0.491 e. The molecule has 3 rings (SSSR count). The third kappa shape index (κ3) is 5.44. The van der Waals surface area contributed by atoms with Crippen LogP contribution in [0.1, 0.15) is 30.4 Å². The fourth-order valence-corrected chi connectivity index (χ4v) is 3.33. The Morgan fingerprint density at radius 1 is 1.22 bits per heavy atom. The molecule has 0 aliphatic carbocycles. The average molecular weight is 368 g/mol. The molecule has 0 saturated carbocycles. The van der Waals surface area contributed by atoms with E-state index in [0.717, 1.165) is 24.1 Å². The minimum absolute atomic E-state index is 0.336. The molecule has 2 N–H and O–H groups in total. The summed E-state index contributed by atoms with van der Waals surface area (Å²) < 4.78 is 5.98. The second-order valence-electron chi connectivity index (χ2n) is 7.21. The van der Waals surface area contributed by atoms with Gasteiger partial charge in [-0.15, -0.1) is 0 Å². The Morgan fingerprint density at radius 2 is 2.04 bits per heavy atom. The molecule has 1 aromatic carbocycles. The monoisotopic (exact) mass is 368 g/mol. The predicted molar refractivity (Wildman–Crippen MR) is 109 cm³/mol. The number of hydrogen-bond acceptors (Lipinski definition) is 4. The number of ether oxygens (including phenoxy) is 1. The first kappa shape index (κ1) is 19.2. The normalized spacial score (nSPS) is 16.9. The van der Waals surface area contributed by atoms with Crippen molar-refractivity contribution in [2.24, 2.45) is 0 Å². The maximum atomic E-state index is 12.3. The number of anilines is 2. The van der Waals surface area contributed by atoms with E-state index in [1.165, 1.54) is 12.8 Å². The Balaban J connectivity index is 1.59. The van der Waals surface area contributed by atoms with Crippen molar-refractivity contribution in [2.75, 3.05) is 30.8 Å². The maximum absolute atomic E-state index is 12.3. The summed E-state index contributed by atoms with van der Waals surface area (Å²) in [5.41, 5.74) is 2.77. The fourth-order valence-electron chi connectivity index (χ4n) is 3.33. The first-order valence-electron chi connectivity index (χ1n) is 9.45. The summed E-state index contributed by atoms with van der Waals surface area (Å²) in [4.78, 5) is 18.9. The van der Waals surface area contributed by atoms with E-state index in [4.69, 9.17) is 4.74 Å². The summed E-state index contributed by atoms with van der Waals surface area (Å²) in [5.74, 6) is 1.20. The standard InChI is InChI=1S/C21H28N4O2/c1-15-6-8-19(27-12-10-17-5-4-11-25(17)3)18(13-15)23-21(26)24-20-9-7-16(2)14-22-20/h6-9,13-14,17H,4-5,10-12H2,1-3H3,(H2,22,23,24,26). The molecule has 1 fully saturated rings. The Bertz CT molecular complexity index is 776. The predicted octanol–water partition coefficient (Wildman–Crippen LogP) is 4.21. The second kappa shape index (κ2) is 8.86. The number of hydrogen-bond donors (Lipinski definition) is 2. The zero-order valence-electron chi connectivity index (χ0n) is 16.3. The van der Waals surface area contributed by atoms with E-state index in [1.807, 2.05) is 38.1 Å². The lowest BCUT2D eigenvalue weighted by Gasteiger charge is -2.20. The number of rotatable bonds is 6. The number of carbonyl (C=O) groups is 1. The molecule has 1 aliphatic heterocycles. The Morgan fingerprint density at radius 3 is 2.74 bits per heavy atom. The summed E-state index contributed by atoms with van der Waals surface area (Å²) in [6.45, 7) is 5.74. The summed E-state index contributed by atoms with van der Waals surface area (Å²) >= 11 is 0.